The van der Waals surface area contributed by atoms with Gasteiger partial charge in [-0.3, -0.25) is 9.36 Å². The molecule has 1 heterocycles. The first-order valence-corrected chi connectivity index (χ1v) is 5.18. The van der Waals surface area contributed by atoms with E-state index < -0.39 is 12.1 Å². The number of aromatic nitrogens is 1. The SMILES string of the molecule is COc1cc(Cl)c2ccn(C(=O)C(F)(F)F)c2c1. The Bertz CT molecular complexity index is 619. The third kappa shape index (κ3) is 2.03. The number of carbonyl (C=O) groups excluding carboxylic acids is 1. The van der Waals surface area contributed by atoms with E-state index in [-0.39, 0.29) is 16.3 Å². The first kappa shape index (κ1) is 12.8. The normalized spacial score (nSPS) is 11.8. The maximum absolute atomic E-state index is 12.4. The average Bonchev–Trinajstić information content (AvgIpc) is 2.70. The Morgan fingerprint density at radius 2 is 2.06 bits per heavy atom. The van der Waals surface area contributed by atoms with Crippen molar-refractivity contribution in [3.63, 3.8) is 0 Å². The van der Waals surface area contributed by atoms with Gasteiger partial charge in [0.1, 0.15) is 5.75 Å². The molecule has 3 nitrogen and oxygen atoms in total. The van der Waals surface area contributed by atoms with Crippen molar-refractivity contribution in [2.45, 2.75) is 6.18 Å². The minimum absolute atomic E-state index is 0.0571. The van der Waals surface area contributed by atoms with Gasteiger partial charge in [0.2, 0.25) is 0 Å². The topological polar surface area (TPSA) is 31.2 Å². The standard InChI is InChI=1S/C11H7ClF3NO2/c1-18-6-4-8(12)7-2-3-16(9(7)5-6)10(17)11(13,14)15/h2-5H,1H3. The number of methoxy groups -OCH3 is 1. The van der Waals surface area contributed by atoms with Crippen LogP contribution in [0.2, 0.25) is 5.02 Å². The molecule has 0 spiro atoms. The third-order valence-electron chi connectivity index (χ3n) is 2.43. The van der Waals surface area contributed by atoms with Crippen molar-refractivity contribution >= 4 is 28.4 Å². The van der Waals surface area contributed by atoms with Crippen molar-refractivity contribution in [1.82, 2.24) is 4.57 Å². The first-order chi connectivity index (χ1) is 8.34. The van der Waals surface area contributed by atoms with Crippen LogP contribution in [0.4, 0.5) is 13.2 Å². The maximum Gasteiger partial charge on any atom is 0.472 e. The van der Waals surface area contributed by atoms with Gasteiger partial charge in [0.05, 0.1) is 17.6 Å². The number of ether oxygens (including phenoxy) is 1. The molecule has 0 saturated heterocycles. The third-order valence-corrected chi connectivity index (χ3v) is 2.74. The van der Waals surface area contributed by atoms with E-state index in [2.05, 4.69) is 0 Å². The minimum Gasteiger partial charge on any atom is -0.497 e. The highest BCUT2D eigenvalue weighted by molar-refractivity contribution is 6.35. The number of fused-ring (bicyclic) bond motifs is 1. The van der Waals surface area contributed by atoms with Crippen LogP contribution in [-0.2, 0) is 0 Å². The Hall–Kier alpha value is -1.69. The van der Waals surface area contributed by atoms with Crippen molar-refractivity contribution in [3.8, 4) is 5.75 Å². The number of benzene rings is 1. The summed E-state index contributed by atoms with van der Waals surface area (Å²) in [5, 5.41) is 0.577. The van der Waals surface area contributed by atoms with E-state index in [4.69, 9.17) is 16.3 Å². The van der Waals surface area contributed by atoms with Crippen LogP contribution >= 0.6 is 11.6 Å². The summed E-state index contributed by atoms with van der Waals surface area (Å²) in [5.74, 6) is -1.69. The second-order valence-corrected chi connectivity index (χ2v) is 3.94. The molecular weight excluding hydrogens is 271 g/mol. The molecular formula is C11H7ClF3NO2. The fourth-order valence-electron chi connectivity index (χ4n) is 1.60. The van der Waals surface area contributed by atoms with Crippen molar-refractivity contribution in [2.75, 3.05) is 7.11 Å². The summed E-state index contributed by atoms with van der Waals surface area (Å²) in [5.41, 5.74) is 0.0571. The molecule has 2 rings (SSSR count). The van der Waals surface area contributed by atoms with Crippen LogP contribution in [0.15, 0.2) is 24.4 Å². The zero-order valence-corrected chi connectivity index (χ0v) is 9.84. The number of rotatable bonds is 1. The fraction of sp³-hybridized carbons (Fsp3) is 0.182. The van der Waals surface area contributed by atoms with Gasteiger partial charge in [0.25, 0.3) is 0 Å². The molecule has 0 aliphatic carbocycles. The van der Waals surface area contributed by atoms with Gasteiger partial charge in [-0.05, 0) is 12.1 Å². The largest absolute Gasteiger partial charge is 0.497 e. The van der Waals surface area contributed by atoms with Gasteiger partial charge in [-0.15, -0.1) is 0 Å². The smallest absolute Gasteiger partial charge is 0.472 e. The molecule has 1 aromatic heterocycles. The first-order valence-electron chi connectivity index (χ1n) is 4.80. The Balaban J connectivity index is 2.67. The van der Waals surface area contributed by atoms with E-state index in [1.807, 2.05) is 0 Å². The molecule has 0 fully saturated rings. The van der Waals surface area contributed by atoms with Crippen LogP contribution in [0.3, 0.4) is 0 Å². The molecule has 0 radical (unpaired) electrons. The van der Waals surface area contributed by atoms with E-state index >= 15 is 0 Å². The number of carbonyl (C=O) groups is 1. The van der Waals surface area contributed by atoms with Gasteiger partial charge >= 0.3 is 12.1 Å². The van der Waals surface area contributed by atoms with Crippen LogP contribution in [0.25, 0.3) is 10.9 Å². The maximum atomic E-state index is 12.4. The summed E-state index contributed by atoms with van der Waals surface area (Å²) in [7, 11) is 1.36. The molecule has 1 aromatic carbocycles. The summed E-state index contributed by atoms with van der Waals surface area (Å²) in [4.78, 5) is 11.2. The second-order valence-electron chi connectivity index (χ2n) is 3.53. The molecule has 0 aliphatic heterocycles. The van der Waals surface area contributed by atoms with Crippen LogP contribution < -0.4 is 4.74 Å². The quantitative estimate of drug-likeness (QED) is 0.799. The van der Waals surface area contributed by atoms with Crippen LogP contribution in [0.1, 0.15) is 4.79 Å². The summed E-state index contributed by atoms with van der Waals surface area (Å²) >= 11 is 5.89. The number of hydrogen-bond donors (Lipinski definition) is 0. The molecule has 0 unspecified atom stereocenters. The summed E-state index contributed by atoms with van der Waals surface area (Å²) in [6.45, 7) is 0. The molecule has 0 N–H and O–H groups in total. The Labute approximate surface area is 105 Å². The van der Waals surface area contributed by atoms with E-state index in [1.54, 1.807) is 0 Å². The Kier molecular flexibility index (Phi) is 2.98. The molecule has 0 aliphatic rings. The molecule has 0 atom stereocenters. The van der Waals surface area contributed by atoms with Gasteiger partial charge < -0.3 is 4.74 Å². The zero-order chi connectivity index (χ0) is 13.5. The van der Waals surface area contributed by atoms with Gasteiger partial charge in [-0.1, -0.05) is 11.6 Å². The van der Waals surface area contributed by atoms with Crippen LogP contribution in [0, 0.1) is 0 Å². The van der Waals surface area contributed by atoms with E-state index in [9.17, 15) is 18.0 Å². The molecule has 0 amide bonds. The van der Waals surface area contributed by atoms with Crippen molar-refractivity contribution < 1.29 is 22.7 Å². The summed E-state index contributed by atoms with van der Waals surface area (Å²) in [6.07, 6.45) is -3.91. The van der Waals surface area contributed by atoms with Gasteiger partial charge in [0, 0.05) is 17.6 Å². The summed E-state index contributed by atoms with van der Waals surface area (Å²) in [6, 6.07) is 4.14. The Morgan fingerprint density at radius 1 is 1.39 bits per heavy atom. The van der Waals surface area contributed by atoms with E-state index in [0.29, 0.717) is 9.95 Å². The molecule has 0 saturated carbocycles. The highest BCUT2D eigenvalue weighted by atomic mass is 35.5. The molecule has 7 heteroatoms. The number of alkyl halides is 3. The second kappa shape index (κ2) is 4.20. The van der Waals surface area contributed by atoms with E-state index in [1.165, 1.54) is 25.3 Å². The predicted molar refractivity (Wildman–Crippen MR) is 60.2 cm³/mol. The van der Waals surface area contributed by atoms with Crippen molar-refractivity contribution in [3.05, 3.63) is 29.4 Å². The van der Waals surface area contributed by atoms with Gasteiger partial charge in [0.15, 0.2) is 0 Å². The molecule has 2 aromatic rings. The zero-order valence-electron chi connectivity index (χ0n) is 9.08. The molecule has 18 heavy (non-hydrogen) atoms. The Morgan fingerprint density at radius 3 is 2.61 bits per heavy atom. The lowest BCUT2D eigenvalue weighted by Gasteiger charge is -2.08. The highest BCUT2D eigenvalue weighted by Gasteiger charge is 2.40. The highest BCUT2D eigenvalue weighted by Crippen LogP contribution is 2.31. The van der Waals surface area contributed by atoms with Gasteiger partial charge in [-0.2, -0.15) is 13.2 Å². The van der Waals surface area contributed by atoms with Crippen molar-refractivity contribution in [2.24, 2.45) is 0 Å². The van der Waals surface area contributed by atoms with Crippen LogP contribution in [0.5, 0.6) is 5.75 Å². The fourth-order valence-corrected chi connectivity index (χ4v) is 1.87. The lowest BCUT2D eigenvalue weighted by molar-refractivity contribution is -0.0942. The van der Waals surface area contributed by atoms with Crippen LogP contribution in [-0.4, -0.2) is 23.8 Å². The number of nitrogens with zero attached hydrogens (tertiary/aromatic N) is 1. The average molecular weight is 278 g/mol. The van der Waals surface area contributed by atoms with Crippen molar-refractivity contribution in [1.29, 1.82) is 0 Å². The summed E-state index contributed by atoms with van der Waals surface area (Å²) < 4.78 is 42.6. The minimum atomic E-state index is -4.94. The predicted octanol–water partition coefficient (Wildman–Crippen LogP) is 3.51. The number of hydrogen-bond acceptors (Lipinski definition) is 2. The number of halogens is 4. The molecule has 0 bridgehead atoms. The monoisotopic (exact) mass is 277 g/mol. The molecule has 96 valence electrons. The lowest BCUT2D eigenvalue weighted by Crippen LogP contribution is -2.28. The lowest BCUT2D eigenvalue weighted by atomic mass is 10.2. The van der Waals surface area contributed by atoms with E-state index in [0.717, 1.165) is 6.20 Å². The van der Waals surface area contributed by atoms with Gasteiger partial charge in [-0.25, -0.2) is 0 Å².